The first-order chi connectivity index (χ1) is 9.71. The highest BCUT2D eigenvalue weighted by Gasteiger charge is 2.38. The van der Waals surface area contributed by atoms with Crippen LogP contribution in [0.4, 0.5) is 0 Å². The van der Waals surface area contributed by atoms with Crippen LogP contribution in [0.5, 0.6) is 0 Å². The van der Waals surface area contributed by atoms with Crippen LogP contribution < -0.4 is 5.32 Å². The number of rotatable bonds is 0. The molecule has 0 radical (unpaired) electrons. The topological polar surface area (TPSA) is 12.0 Å². The van der Waals surface area contributed by atoms with E-state index in [4.69, 9.17) is 15.1 Å². The predicted molar refractivity (Wildman–Crippen MR) is 52.1 cm³/mol. The summed E-state index contributed by atoms with van der Waals surface area (Å²) in [7, 11) is 0. The van der Waals surface area contributed by atoms with Crippen LogP contribution in [0.25, 0.3) is 0 Å². The van der Waals surface area contributed by atoms with E-state index in [9.17, 15) is 0 Å². The van der Waals surface area contributed by atoms with Crippen molar-refractivity contribution in [1.82, 2.24) is 5.32 Å². The maximum Gasteiger partial charge on any atom is 0.0465 e. The van der Waals surface area contributed by atoms with Crippen molar-refractivity contribution in [3.8, 4) is 0 Å². The van der Waals surface area contributed by atoms with E-state index in [0.29, 0.717) is 0 Å². The zero-order chi connectivity index (χ0) is 18.7. The highest BCUT2D eigenvalue weighted by Crippen LogP contribution is 2.40. The summed E-state index contributed by atoms with van der Waals surface area (Å²) in [5.74, 6) is -2.75. The van der Waals surface area contributed by atoms with Crippen LogP contribution >= 0.6 is 0 Å². The molecule has 2 bridgehead atoms. The molecule has 0 aromatic carbocycles. The molecular formula is C11H21N. The van der Waals surface area contributed by atoms with Crippen LogP contribution in [-0.2, 0) is 0 Å². The Hall–Kier alpha value is -0.0400. The lowest BCUT2D eigenvalue weighted by atomic mass is 9.73. The minimum absolute atomic E-state index is 1.37. The molecule has 0 saturated carbocycles. The molecule has 0 amide bonds. The average Bonchev–Trinajstić information content (AvgIpc) is 2.43. The van der Waals surface area contributed by atoms with Gasteiger partial charge >= 0.3 is 0 Å². The minimum Gasteiger partial charge on any atom is -0.311 e. The Balaban J connectivity index is 3.01. The molecule has 1 heteroatoms. The molecule has 2 aliphatic rings. The first kappa shape index (κ1) is 2.50. The Labute approximate surface area is 91.4 Å². The summed E-state index contributed by atoms with van der Waals surface area (Å²) < 4.78 is 90.3. The molecule has 0 aromatic heterocycles. The fourth-order valence-corrected chi connectivity index (χ4v) is 1.09. The lowest BCUT2D eigenvalue weighted by Gasteiger charge is -2.37. The molecule has 1 nitrogen and oxygen atoms in total. The minimum atomic E-state index is -3.23. The predicted octanol–water partition coefficient (Wildman–Crippen LogP) is 2.56. The van der Waals surface area contributed by atoms with Gasteiger partial charge < -0.3 is 5.32 Å². The van der Waals surface area contributed by atoms with Crippen molar-refractivity contribution in [2.24, 2.45) is 11.3 Å². The SMILES string of the molecule is [2H]C1([2H])C([2H])([2H])C2([2H])NC1([2H])C([2H])([2H])C([2H])(C(C)(C)C)C2([2H])[2H]. The first-order valence-corrected chi connectivity index (χ1v) is 4.00. The van der Waals surface area contributed by atoms with Crippen LogP contribution in [0.15, 0.2) is 0 Å². The quantitative estimate of drug-likeness (QED) is 0.601. The van der Waals surface area contributed by atoms with E-state index in [2.05, 4.69) is 0 Å². The molecule has 0 aliphatic carbocycles. The Bertz CT molecular complexity index is 513. The highest BCUT2D eigenvalue weighted by atomic mass is 15.0. The molecule has 0 spiro atoms. The van der Waals surface area contributed by atoms with E-state index in [0.717, 1.165) is 0 Å². The number of fused-ring (bicyclic) bond motifs is 2. The molecule has 12 heavy (non-hydrogen) atoms. The Morgan fingerprint density at radius 1 is 1.25 bits per heavy atom. The molecule has 1 N–H and O–H groups in total. The monoisotopic (exact) mass is 178 g/mol. The summed E-state index contributed by atoms with van der Waals surface area (Å²) in [5, 5.41) is 1.94. The fourth-order valence-electron chi connectivity index (χ4n) is 1.09. The van der Waals surface area contributed by atoms with Gasteiger partial charge in [-0.05, 0) is 36.8 Å². The van der Waals surface area contributed by atoms with Gasteiger partial charge in [-0.25, -0.2) is 0 Å². The maximum absolute atomic E-state index is 8.62. The second-order valence-electron chi connectivity index (χ2n) is 4.00. The van der Waals surface area contributed by atoms with Gasteiger partial charge in [0, 0.05) is 27.1 Å². The Kier molecular flexibility index (Phi) is 0.569. The normalized spacial score (nSPS) is 90.4. The van der Waals surface area contributed by atoms with E-state index in [1.807, 2.05) is 5.32 Å². The average molecular weight is 178 g/mol. The summed E-state index contributed by atoms with van der Waals surface area (Å²) >= 11 is 0. The van der Waals surface area contributed by atoms with Gasteiger partial charge in [-0.3, -0.25) is 0 Å². The molecule has 0 aromatic rings. The van der Waals surface area contributed by atoms with Crippen LogP contribution in [0.1, 0.15) is 61.3 Å². The van der Waals surface area contributed by atoms with Gasteiger partial charge in [-0.1, -0.05) is 20.8 Å². The first-order valence-electron chi connectivity index (χ1n) is 9.50. The van der Waals surface area contributed by atoms with Crippen LogP contribution in [0.3, 0.4) is 0 Å². The van der Waals surface area contributed by atoms with Gasteiger partial charge in [0.25, 0.3) is 0 Å². The summed E-state index contributed by atoms with van der Waals surface area (Å²) in [6.45, 7) is 4.12. The van der Waals surface area contributed by atoms with Crippen molar-refractivity contribution in [3.05, 3.63) is 0 Å². The highest BCUT2D eigenvalue weighted by molar-refractivity contribution is 4.95. The summed E-state index contributed by atoms with van der Waals surface area (Å²) in [4.78, 5) is 0. The standard InChI is InChI=1S/C11H21N/c1-11(2,3)8-6-9-4-5-10(7-8)12-9/h8-10,12H,4-7H2,1-3H3/i4D2,5D2,6D2,7D2,8D,9D,10D. The van der Waals surface area contributed by atoms with Gasteiger partial charge in [0.1, 0.15) is 0 Å². The molecule has 2 aliphatic heterocycles. The van der Waals surface area contributed by atoms with Gasteiger partial charge in [-0.2, -0.15) is 0 Å². The molecule has 2 saturated heterocycles. The van der Waals surface area contributed by atoms with E-state index in [1.54, 1.807) is 0 Å². The number of hydrogen-bond donors (Lipinski definition) is 1. The Morgan fingerprint density at radius 3 is 2.17 bits per heavy atom. The number of hydrogen-bond acceptors (Lipinski definition) is 1. The van der Waals surface area contributed by atoms with Crippen molar-refractivity contribution in [2.45, 2.75) is 58.3 Å². The third kappa shape index (κ3) is 1.52. The van der Waals surface area contributed by atoms with Gasteiger partial charge in [0.2, 0.25) is 0 Å². The zero-order valence-corrected chi connectivity index (χ0v) is 7.50. The van der Waals surface area contributed by atoms with E-state index in [1.165, 1.54) is 20.8 Å². The second-order valence-corrected chi connectivity index (χ2v) is 4.00. The second kappa shape index (κ2) is 2.73. The van der Waals surface area contributed by atoms with Gasteiger partial charge in [0.15, 0.2) is 0 Å². The summed E-state index contributed by atoms with van der Waals surface area (Å²) in [6.07, 6.45) is -12.7. The molecule has 2 rings (SSSR count). The molecule has 2 fully saturated rings. The van der Waals surface area contributed by atoms with Gasteiger partial charge in [-0.15, -0.1) is 0 Å². The molecule has 2 atom stereocenters. The smallest absolute Gasteiger partial charge is 0.0465 e. The van der Waals surface area contributed by atoms with Crippen molar-refractivity contribution < 1.29 is 15.1 Å². The van der Waals surface area contributed by atoms with Crippen LogP contribution in [-0.4, -0.2) is 12.0 Å². The lowest BCUT2D eigenvalue weighted by molar-refractivity contribution is 0.158. The van der Waals surface area contributed by atoms with E-state index < -0.39 is 48.8 Å². The van der Waals surface area contributed by atoms with Crippen molar-refractivity contribution in [3.63, 3.8) is 0 Å². The number of piperidine rings is 1. The largest absolute Gasteiger partial charge is 0.311 e. The summed E-state index contributed by atoms with van der Waals surface area (Å²) in [6, 6.07) is -5.99. The Morgan fingerprint density at radius 2 is 1.75 bits per heavy atom. The third-order valence-corrected chi connectivity index (χ3v) is 1.81. The van der Waals surface area contributed by atoms with Crippen molar-refractivity contribution >= 4 is 0 Å². The fraction of sp³-hybridized carbons (Fsp3) is 1.00. The van der Waals surface area contributed by atoms with Crippen LogP contribution in [0, 0.1) is 11.3 Å². The molecule has 2 unspecified atom stereocenters. The molecular weight excluding hydrogens is 146 g/mol. The van der Waals surface area contributed by atoms with Gasteiger partial charge in [0.05, 0.1) is 0 Å². The maximum atomic E-state index is 8.62. The van der Waals surface area contributed by atoms with E-state index in [-0.39, 0.29) is 0 Å². The van der Waals surface area contributed by atoms with Crippen molar-refractivity contribution in [1.29, 1.82) is 0 Å². The third-order valence-electron chi connectivity index (χ3n) is 1.81. The molecule has 70 valence electrons. The van der Waals surface area contributed by atoms with Crippen molar-refractivity contribution in [2.75, 3.05) is 0 Å². The number of nitrogens with one attached hydrogen (secondary N) is 1. The van der Waals surface area contributed by atoms with E-state index >= 15 is 0 Å². The van der Waals surface area contributed by atoms with Crippen LogP contribution in [0.2, 0.25) is 0 Å². The zero-order valence-electron chi connectivity index (χ0n) is 18.5. The lowest BCUT2D eigenvalue weighted by Crippen LogP contribution is -2.41. The molecule has 2 heterocycles. The summed E-state index contributed by atoms with van der Waals surface area (Å²) in [5.41, 5.74) is -1.43.